The van der Waals surface area contributed by atoms with Crippen LogP contribution in [0.4, 0.5) is 0 Å². The number of esters is 1. The van der Waals surface area contributed by atoms with E-state index in [2.05, 4.69) is 4.98 Å². The average Bonchev–Trinajstić information content (AvgIpc) is 3.11. The molecule has 25 heavy (non-hydrogen) atoms. The number of methoxy groups -OCH3 is 1. The highest BCUT2D eigenvalue weighted by molar-refractivity contribution is 7.13. The summed E-state index contributed by atoms with van der Waals surface area (Å²) in [7, 11) is 1.63. The van der Waals surface area contributed by atoms with E-state index in [9.17, 15) is 4.79 Å². The molecule has 0 fully saturated rings. The average molecular weight is 374 g/mol. The molecule has 0 bridgehead atoms. The van der Waals surface area contributed by atoms with Crippen LogP contribution in [-0.4, -0.2) is 18.1 Å². The molecule has 0 amide bonds. The number of hydrogen-bond donors (Lipinski definition) is 0. The zero-order valence-corrected chi connectivity index (χ0v) is 15.1. The van der Waals surface area contributed by atoms with E-state index in [1.165, 1.54) is 11.3 Å². The van der Waals surface area contributed by atoms with E-state index in [0.717, 1.165) is 27.6 Å². The first-order chi connectivity index (χ1) is 12.1. The van der Waals surface area contributed by atoms with Gasteiger partial charge in [0.05, 0.1) is 19.2 Å². The molecule has 1 heterocycles. The summed E-state index contributed by atoms with van der Waals surface area (Å²) in [5.41, 5.74) is 2.61. The topological polar surface area (TPSA) is 48.4 Å². The van der Waals surface area contributed by atoms with Crippen LogP contribution in [0.5, 0.6) is 5.75 Å². The molecular weight excluding hydrogens is 358 g/mol. The second-order valence-electron chi connectivity index (χ2n) is 5.34. The summed E-state index contributed by atoms with van der Waals surface area (Å²) in [5, 5.41) is 3.42. The van der Waals surface area contributed by atoms with Gasteiger partial charge in [0.1, 0.15) is 17.4 Å². The van der Waals surface area contributed by atoms with E-state index in [4.69, 9.17) is 21.1 Å². The van der Waals surface area contributed by atoms with E-state index in [0.29, 0.717) is 5.02 Å². The van der Waals surface area contributed by atoms with Gasteiger partial charge in [0, 0.05) is 16.0 Å². The SMILES string of the molecule is COc1ccc(-c2nc(COC(=O)Cc3ccc(Cl)cc3)cs2)cc1. The summed E-state index contributed by atoms with van der Waals surface area (Å²) in [6.07, 6.45) is 0.215. The van der Waals surface area contributed by atoms with Crippen molar-refractivity contribution in [3.63, 3.8) is 0 Å². The van der Waals surface area contributed by atoms with Crippen molar-refractivity contribution in [2.45, 2.75) is 13.0 Å². The Hall–Kier alpha value is -2.37. The van der Waals surface area contributed by atoms with Crippen LogP contribution in [0, 0.1) is 0 Å². The predicted octanol–water partition coefficient (Wildman–Crippen LogP) is 4.76. The maximum atomic E-state index is 11.9. The van der Waals surface area contributed by atoms with Crippen LogP contribution >= 0.6 is 22.9 Å². The van der Waals surface area contributed by atoms with Crippen molar-refractivity contribution < 1.29 is 14.3 Å². The molecule has 3 aromatic rings. The first kappa shape index (κ1) is 17.5. The Morgan fingerprint density at radius 2 is 1.84 bits per heavy atom. The minimum atomic E-state index is -0.290. The first-order valence-electron chi connectivity index (χ1n) is 7.63. The van der Waals surface area contributed by atoms with Gasteiger partial charge in [-0.2, -0.15) is 0 Å². The van der Waals surface area contributed by atoms with E-state index < -0.39 is 0 Å². The second kappa shape index (κ2) is 8.14. The van der Waals surface area contributed by atoms with Crippen LogP contribution in [0.2, 0.25) is 5.02 Å². The third-order valence-electron chi connectivity index (χ3n) is 3.53. The fraction of sp³-hybridized carbons (Fsp3) is 0.158. The molecule has 128 valence electrons. The molecule has 0 aliphatic carbocycles. The zero-order valence-electron chi connectivity index (χ0n) is 13.6. The fourth-order valence-electron chi connectivity index (χ4n) is 2.21. The van der Waals surface area contributed by atoms with Crippen molar-refractivity contribution in [2.24, 2.45) is 0 Å². The van der Waals surface area contributed by atoms with Gasteiger partial charge in [0.2, 0.25) is 0 Å². The number of nitrogens with zero attached hydrogens (tertiary/aromatic N) is 1. The molecule has 0 aliphatic heterocycles. The predicted molar refractivity (Wildman–Crippen MR) is 99.1 cm³/mol. The quantitative estimate of drug-likeness (QED) is 0.584. The number of benzene rings is 2. The largest absolute Gasteiger partial charge is 0.497 e. The van der Waals surface area contributed by atoms with Crippen molar-refractivity contribution in [1.29, 1.82) is 0 Å². The highest BCUT2D eigenvalue weighted by Gasteiger charge is 2.09. The Labute approximate surface area is 155 Å². The van der Waals surface area contributed by atoms with Gasteiger partial charge in [-0.05, 0) is 42.0 Å². The van der Waals surface area contributed by atoms with E-state index in [-0.39, 0.29) is 19.0 Å². The van der Waals surface area contributed by atoms with Crippen molar-refractivity contribution in [1.82, 2.24) is 4.98 Å². The van der Waals surface area contributed by atoms with Gasteiger partial charge in [-0.25, -0.2) is 4.98 Å². The molecule has 0 spiro atoms. The molecule has 0 saturated heterocycles. The van der Waals surface area contributed by atoms with Crippen molar-refractivity contribution in [3.8, 4) is 16.3 Å². The van der Waals surface area contributed by atoms with Gasteiger partial charge < -0.3 is 9.47 Å². The van der Waals surface area contributed by atoms with Crippen LogP contribution in [0.1, 0.15) is 11.3 Å². The standard InChI is InChI=1S/C19H16ClNO3S/c1-23-17-8-4-14(5-9-17)19-21-16(12-25-19)11-24-18(22)10-13-2-6-15(20)7-3-13/h2-9,12H,10-11H2,1H3. The Balaban J connectivity index is 1.55. The van der Waals surface area contributed by atoms with Crippen molar-refractivity contribution >= 4 is 28.9 Å². The Morgan fingerprint density at radius 3 is 2.52 bits per heavy atom. The molecule has 0 saturated carbocycles. The lowest BCUT2D eigenvalue weighted by atomic mass is 10.1. The lowest BCUT2D eigenvalue weighted by molar-refractivity contribution is -0.144. The lowest BCUT2D eigenvalue weighted by Gasteiger charge is -2.03. The number of ether oxygens (including phenoxy) is 2. The first-order valence-corrected chi connectivity index (χ1v) is 8.89. The number of hydrogen-bond acceptors (Lipinski definition) is 5. The highest BCUT2D eigenvalue weighted by Crippen LogP contribution is 2.26. The lowest BCUT2D eigenvalue weighted by Crippen LogP contribution is -2.08. The van der Waals surface area contributed by atoms with Crippen molar-refractivity contribution in [2.75, 3.05) is 7.11 Å². The summed E-state index contributed by atoms with van der Waals surface area (Å²) < 4.78 is 10.4. The summed E-state index contributed by atoms with van der Waals surface area (Å²) >= 11 is 7.34. The van der Waals surface area contributed by atoms with Crippen molar-refractivity contribution in [3.05, 3.63) is 70.2 Å². The zero-order chi connectivity index (χ0) is 17.6. The molecule has 0 atom stereocenters. The Morgan fingerprint density at radius 1 is 1.12 bits per heavy atom. The maximum absolute atomic E-state index is 11.9. The van der Waals surface area contributed by atoms with Gasteiger partial charge in [-0.1, -0.05) is 23.7 Å². The molecule has 0 radical (unpaired) electrons. The van der Waals surface area contributed by atoms with Gasteiger partial charge in [0.25, 0.3) is 0 Å². The van der Waals surface area contributed by atoms with Crippen LogP contribution in [0.25, 0.3) is 10.6 Å². The Kier molecular flexibility index (Phi) is 5.68. The summed E-state index contributed by atoms with van der Waals surface area (Å²) in [6, 6.07) is 14.8. The molecule has 0 N–H and O–H groups in total. The minimum absolute atomic E-state index is 0.166. The second-order valence-corrected chi connectivity index (χ2v) is 6.63. The smallest absolute Gasteiger partial charge is 0.310 e. The normalized spacial score (nSPS) is 10.5. The van der Waals surface area contributed by atoms with Crippen LogP contribution in [0.15, 0.2) is 53.9 Å². The number of carbonyl (C=O) groups excluding carboxylic acids is 1. The number of thiazole rings is 1. The maximum Gasteiger partial charge on any atom is 0.310 e. The minimum Gasteiger partial charge on any atom is -0.497 e. The summed E-state index contributed by atoms with van der Waals surface area (Å²) in [6.45, 7) is 0.166. The molecule has 0 unspecified atom stereocenters. The number of rotatable bonds is 6. The van der Waals surface area contributed by atoms with Crippen LogP contribution in [0.3, 0.4) is 0 Å². The number of aromatic nitrogens is 1. The molecule has 3 rings (SSSR count). The third-order valence-corrected chi connectivity index (χ3v) is 4.72. The highest BCUT2D eigenvalue weighted by atomic mass is 35.5. The molecular formula is C19H16ClNO3S. The van der Waals surface area contributed by atoms with E-state index in [1.54, 1.807) is 19.2 Å². The molecule has 2 aromatic carbocycles. The molecule has 0 aliphatic rings. The molecule has 1 aromatic heterocycles. The Bertz CT molecular complexity index is 844. The monoisotopic (exact) mass is 373 g/mol. The van der Waals surface area contributed by atoms with Crippen LogP contribution < -0.4 is 4.74 Å². The third kappa shape index (κ3) is 4.81. The van der Waals surface area contributed by atoms with E-state index >= 15 is 0 Å². The van der Waals surface area contributed by atoms with Gasteiger partial charge >= 0.3 is 5.97 Å². The molecule has 4 nitrogen and oxygen atoms in total. The fourth-order valence-corrected chi connectivity index (χ4v) is 3.15. The number of carbonyl (C=O) groups is 1. The molecule has 6 heteroatoms. The van der Waals surface area contributed by atoms with Crippen LogP contribution in [-0.2, 0) is 22.6 Å². The van der Waals surface area contributed by atoms with Gasteiger partial charge in [-0.15, -0.1) is 11.3 Å². The van der Waals surface area contributed by atoms with Gasteiger partial charge in [0.15, 0.2) is 0 Å². The summed E-state index contributed by atoms with van der Waals surface area (Å²) in [4.78, 5) is 16.4. The van der Waals surface area contributed by atoms with Gasteiger partial charge in [-0.3, -0.25) is 4.79 Å². The summed E-state index contributed by atoms with van der Waals surface area (Å²) in [5.74, 6) is 0.512. The van der Waals surface area contributed by atoms with E-state index in [1.807, 2.05) is 41.8 Å². The number of halogens is 1.